The summed E-state index contributed by atoms with van der Waals surface area (Å²) in [5.41, 5.74) is 2.90. The highest BCUT2D eigenvalue weighted by atomic mass is 32.1. The number of hydrogen-bond acceptors (Lipinski definition) is 4. The van der Waals surface area contributed by atoms with E-state index in [0.717, 1.165) is 10.6 Å². The number of thiophene rings is 1. The molecule has 2 aromatic rings. The van der Waals surface area contributed by atoms with Crippen molar-refractivity contribution in [3.8, 4) is 0 Å². The number of morpholine rings is 1. The normalized spacial score (nSPS) is 18.3. The van der Waals surface area contributed by atoms with Crippen LogP contribution in [0.3, 0.4) is 0 Å². The van der Waals surface area contributed by atoms with Gasteiger partial charge in [-0.2, -0.15) is 0 Å². The predicted octanol–water partition coefficient (Wildman–Crippen LogP) is 3.82. The molecule has 1 aromatic heterocycles. The minimum absolute atomic E-state index is 0.0430. The van der Waals surface area contributed by atoms with E-state index in [-0.39, 0.29) is 24.4 Å². The van der Waals surface area contributed by atoms with Gasteiger partial charge in [0, 0.05) is 23.5 Å². The molecule has 134 valence electrons. The molecule has 0 bridgehead atoms. The van der Waals surface area contributed by atoms with Crippen LogP contribution in [0, 0.1) is 26.6 Å². The van der Waals surface area contributed by atoms with Gasteiger partial charge in [-0.1, -0.05) is 18.2 Å². The number of anilines is 1. The molecule has 2 heterocycles. The van der Waals surface area contributed by atoms with Gasteiger partial charge >= 0.3 is 0 Å². The van der Waals surface area contributed by atoms with Gasteiger partial charge in [-0.25, -0.2) is 4.39 Å². The van der Waals surface area contributed by atoms with Crippen LogP contribution in [0.1, 0.15) is 27.7 Å². The van der Waals surface area contributed by atoms with Crippen LogP contribution in [0.5, 0.6) is 0 Å². The van der Waals surface area contributed by atoms with Crippen molar-refractivity contribution < 1.29 is 13.9 Å². The molecule has 0 spiro atoms. The van der Waals surface area contributed by atoms with Crippen molar-refractivity contribution in [3.63, 3.8) is 0 Å². The molecular weight excluding hydrogens is 339 g/mol. The summed E-state index contributed by atoms with van der Waals surface area (Å²) in [6.07, 6.45) is -0.337. The zero-order valence-corrected chi connectivity index (χ0v) is 15.6. The molecule has 6 heteroatoms. The Bertz CT molecular complexity index is 775. The molecule has 1 fully saturated rings. The zero-order valence-electron chi connectivity index (χ0n) is 14.8. The molecule has 1 aliphatic heterocycles. The van der Waals surface area contributed by atoms with E-state index in [2.05, 4.69) is 19.2 Å². The van der Waals surface area contributed by atoms with Gasteiger partial charge in [0.15, 0.2) is 0 Å². The molecule has 1 saturated heterocycles. The van der Waals surface area contributed by atoms with E-state index >= 15 is 0 Å². The highest BCUT2D eigenvalue weighted by Crippen LogP contribution is 2.31. The molecule has 0 radical (unpaired) electrons. The Morgan fingerprint density at radius 1 is 1.32 bits per heavy atom. The number of hydrogen-bond donors (Lipinski definition) is 1. The van der Waals surface area contributed by atoms with Crippen molar-refractivity contribution in [2.24, 2.45) is 0 Å². The molecule has 0 saturated carbocycles. The van der Waals surface area contributed by atoms with Crippen molar-refractivity contribution in [1.82, 2.24) is 4.90 Å². The Hall–Kier alpha value is -1.76. The number of ether oxygens (including phenoxy) is 1. The van der Waals surface area contributed by atoms with Crippen LogP contribution < -0.4 is 5.32 Å². The Kier molecular flexibility index (Phi) is 5.51. The van der Waals surface area contributed by atoms with Crippen molar-refractivity contribution >= 4 is 22.2 Å². The molecule has 1 aliphatic rings. The lowest BCUT2D eigenvalue weighted by Gasteiger charge is -2.32. The van der Waals surface area contributed by atoms with Crippen LogP contribution >= 0.6 is 11.3 Å². The van der Waals surface area contributed by atoms with Crippen LogP contribution in [0.15, 0.2) is 24.3 Å². The fourth-order valence-electron chi connectivity index (χ4n) is 3.00. The second-order valence-electron chi connectivity index (χ2n) is 6.40. The average molecular weight is 362 g/mol. The summed E-state index contributed by atoms with van der Waals surface area (Å²) in [4.78, 5) is 15.6. The summed E-state index contributed by atoms with van der Waals surface area (Å²) in [7, 11) is 0. The summed E-state index contributed by atoms with van der Waals surface area (Å²) in [6, 6.07) is 6.65. The predicted molar refractivity (Wildman–Crippen MR) is 98.7 cm³/mol. The first-order valence-corrected chi connectivity index (χ1v) is 9.22. The minimum atomic E-state index is -0.337. The first-order chi connectivity index (χ1) is 12.0. The van der Waals surface area contributed by atoms with Crippen molar-refractivity contribution in [1.29, 1.82) is 0 Å². The van der Waals surface area contributed by atoms with Crippen LogP contribution in [0.4, 0.5) is 9.39 Å². The maximum Gasteiger partial charge on any atom is 0.239 e. The van der Waals surface area contributed by atoms with Gasteiger partial charge in [-0.15, -0.1) is 11.3 Å². The molecule has 25 heavy (non-hydrogen) atoms. The highest BCUT2D eigenvalue weighted by molar-refractivity contribution is 7.16. The molecule has 3 rings (SSSR count). The van der Waals surface area contributed by atoms with E-state index in [1.165, 1.54) is 16.5 Å². The van der Waals surface area contributed by atoms with Gasteiger partial charge in [0.2, 0.25) is 5.91 Å². The van der Waals surface area contributed by atoms with Gasteiger partial charge < -0.3 is 10.1 Å². The van der Waals surface area contributed by atoms with E-state index in [4.69, 9.17) is 4.74 Å². The maximum atomic E-state index is 14.0. The lowest BCUT2D eigenvalue weighted by molar-refractivity contribution is -0.119. The number of benzene rings is 1. The second-order valence-corrected chi connectivity index (χ2v) is 7.63. The number of carbonyl (C=O) groups is 1. The van der Waals surface area contributed by atoms with Crippen LogP contribution in [-0.4, -0.2) is 37.0 Å². The third-order valence-electron chi connectivity index (χ3n) is 4.71. The summed E-state index contributed by atoms with van der Waals surface area (Å²) in [5.74, 6) is -0.308. The summed E-state index contributed by atoms with van der Waals surface area (Å²) >= 11 is 1.61. The van der Waals surface area contributed by atoms with E-state index in [0.29, 0.717) is 25.3 Å². The number of nitrogens with zero attached hydrogens (tertiary/aromatic N) is 1. The van der Waals surface area contributed by atoms with Crippen LogP contribution in [0.25, 0.3) is 0 Å². The first kappa shape index (κ1) is 18.0. The number of amides is 1. The standard InChI is InChI=1S/C19H23FN2O2S/c1-12-13(2)19(25-14(12)3)21-18(23)11-22-8-9-24-17(10-22)15-6-4-5-7-16(15)20/h4-7,17H,8-11H2,1-3H3,(H,21,23). The van der Waals surface area contributed by atoms with E-state index < -0.39 is 0 Å². The van der Waals surface area contributed by atoms with Gasteiger partial charge in [-0.05, 0) is 38.0 Å². The molecule has 1 atom stereocenters. The van der Waals surface area contributed by atoms with Crippen LogP contribution in [0.2, 0.25) is 0 Å². The molecule has 0 aliphatic carbocycles. The summed E-state index contributed by atoms with van der Waals surface area (Å²) < 4.78 is 19.7. The van der Waals surface area contributed by atoms with E-state index in [1.807, 2.05) is 11.8 Å². The quantitative estimate of drug-likeness (QED) is 0.899. The topological polar surface area (TPSA) is 41.6 Å². The molecule has 1 aromatic carbocycles. The smallest absolute Gasteiger partial charge is 0.239 e. The molecule has 1 N–H and O–H groups in total. The summed E-state index contributed by atoms with van der Waals surface area (Å²) in [6.45, 7) is 8.10. The third kappa shape index (κ3) is 4.08. The van der Waals surface area contributed by atoms with Crippen LogP contribution in [-0.2, 0) is 9.53 Å². The number of nitrogens with one attached hydrogen (secondary N) is 1. The van der Waals surface area contributed by atoms with Gasteiger partial charge in [-0.3, -0.25) is 9.69 Å². The second kappa shape index (κ2) is 7.64. The number of carbonyl (C=O) groups excluding carboxylic acids is 1. The third-order valence-corrected chi connectivity index (χ3v) is 5.93. The lowest BCUT2D eigenvalue weighted by Crippen LogP contribution is -2.42. The van der Waals surface area contributed by atoms with Crippen molar-refractivity contribution in [2.75, 3.05) is 31.6 Å². The zero-order chi connectivity index (χ0) is 18.0. The Balaban J connectivity index is 1.61. The molecule has 4 nitrogen and oxygen atoms in total. The largest absolute Gasteiger partial charge is 0.371 e. The average Bonchev–Trinajstić information content (AvgIpc) is 2.82. The number of aryl methyl sites for hydroxylation is 1. The van der Waals surface area contributed by atoms with E-state index in [9.17, 15) is 9.18 Å². The van der Waals surface area contributed by atoms with Crippen molar-refractivity contribution in [3.05, 3.63) is 51.7 Å². The monoisotopic (exact) mass is 362 g/mol. The Labute approximate surface area is 151 Å². The Morgan fingerprint density at radius 2 is 2.08 bits per heavy atom. The van der Waals surface area contributed by atoms with Crippen molar-refractivity contribution in [2.45, 2.75) is 26.9 Å². The fraction of sp³-hybridized carbons (Fsp3) is 0.421. The summed E-state index contributed by atoms with van der Waals surface area (Å²) in [5, 5.41) is 3.92. The van der Waals surface area contributed by atoms with E-state index in [1.54, 1.807) is 29.5 Å². The Morgan fingerprint density at radius 3 is 2.76 bits per heavy atom. The molecular formula is C19H23FN2O2S. The highest BCUT2D eigenvalue weighted by Gasteiger charge is 2.25. The van der Waals surface area contributed by atoms with Gasteiger partial charge in [0.1, 0.15) is 5.82 Å². The molecule has 1 amide bonds. The fourth-order valence-corrected chi connectivity index (χ4v) is 4.08. The lowest BCUT2D eigenvalue weighted by atomic mass is 10.1. The van der Waals surface area contributed by atoms with Gasteiger partial charge in [0.05, 0.1) is 24.3 Å². The first-order valence-electron chi connectivity index (χ1n) is 8.40. The number of halogens is 1. The van der Waals surface area contributed by atoms with Gasteiger partial charge in [0.25, 0.3) is 0 Å². The number of rotatable bonds is 4. The molecule has 1 unspecified atom stereocenters. The maximum absolute atomic E-state index is 14.0. The minimum Gasteiger partial charge on any atom is -0.371 e. The SMILES string of the molecule is Cc1sc(NC(=O)CN2CCOC(c3ccccc3F)C2)c(C)c1C.